The number of nitrogens with one attached hydrogen (secondary N) is 2. The minimum absolute atomic E-state index is 0.134. The number of amides is 1. The molecule has 0 heterocycles. The Kier molecular flexibility index (Phi) is 3.89. The maximum absolute atomic E-state index is 11.1. The van der Waals surface area contributed by atoms with Gasteiger partial charge >= 0.3 is 16.3 Å². The first kappa shape index (κ1) is 12.2. The summed E-state index contributed by atoms with van der Waals surface area (Å²) in [7, 11) is -2.76. The molecule has 88 valence electrons. The van der Waals surface area contributed by atoms with Gasteiger partial charge in [-0.3, -0.25) is 0 Å². The van der Waals surface area contributed by atoms with E-state index in [4.69, 9.17) is 5.11 Å². The van der Waals surface area contributed by atoms with Crippen molar-refractivity contribution >= 4 is 16.3 Å². The third kappa shape index (κ3) is 4.02. The topological polar surface area (TPSA) is 105 Å². The van der Waals surface area contributed by atoms with Crippen molar-refractivity contribution in [1.29, 1.82) is 0 Å². The molecule has 15 heavy (non-hydrogen) atoms. The standard InChI is InChI=1S/C7H14N2O5S/c1-14-7(11)9-15(12,13)8-4-5-2-6(10)3-5/h5-6,8,10H,2-4H2,1H3,(H,9,11). The average Bonchev–Trinajstić information content (AvgIpc) is 2.09. The first-order valence-corrected chi connectivity index (χ1v) is 5.94. The SMILES string of the molecule is COC(=O)NS(=O)(=O)NCC1CC(O)C1. The molecule has 0 spiro atoms. The van der Waals surface area contributed by atoms with E-state index in [0.717, 1.165) is 7.11 Å². The van der Waals surface area contributed by atoms with Crippen molar-refractivity contribution in [2.45, 2.75) is 18.9 Å². The summed E-state index contributed by atoms with van der Waals surface area (Å²) in [6, 6.07) is 0. The average molecular weight is 238 g/mol. The highest BCUT2D eigenvalue weighted by atomic mass is 32.2. The Morgan fingerprint density at radius 2 is 2.13 bits per heavy atom. The number of ether oxygens (including phenoxy) is 1. The van der Waals surface area contributed by atoms with Crippen LogP contribution in [-0.2, 0) is 14.9 Å². The van der Waals surface area contributed by atoms with Gasteiger partial charge in [0.2, 0.25) is 0 Å². The van der Waals surface area contributed by atoms with Gasteiger partial charge in [-0.25, -0.2) is 9.52 Å². The normalized spacial score (nSPS) is 25.5. The summed E-state index contributed by atoms with van der Waals surface area (Å²) < 4.78 is 30.3. The van der Waals surface area contributed by atoms with Gasteiger partial charge in [0.25, 0.3) is 0 Å². The molecule has 1 fully saturated rings. The first-order chi connectivity index (χ1) is 6.93. The Labute approximate surface area is 88.0 Å². The molecular formula is C7H14N2O5S. The van der Waals surface area contributed by atoms with Crippen molar-refractivity contribution < 1.29 is 23.1 Å². The number of methoxy groups -OCH3 is 1. The minimum Gasteiger partial charge on any atom is -0.452 e. The van der Waals surface area contributed by atoms with E-state index in [0.29, 0.717) is 12.8 Å². The van der Waals surface area contributed by atoms with Gasteiger partial charge in [-0.1, -0.05) is 0 Å². The van der Waals surface area contributed by atoms with Crippen molar-refractivity contribution in [3.05, 3.63) is 0 Å². The number of carbonyl (C=O) groups excluding carboxylic acids is 1. The molecule has 0 radical (unpaired) electrons. The largest absolute Gasteiger partial charge is 0.452 e. The molecule has 0 aliphatic heterocycles. The quantitative estimate of drug-likeness (QED) is 0.579. The Balaban J connectivity index is 2.27. The van der Waals surface area contributed by atoms with Crippen LogP contribution in [0.2, 0.25) is 0 Å². The maximum atomic E-state index is 11.1. The maximum Gasteiger partial charge on any atom is 0.421 e. The molecule has 1 amide bonds. The van der Waals surface area contributed by atoms with Crippen molar-refractivity contribution in [3.8, 4) is 0 Å². The molecular weight excluding hydrogens is 224 g/mol. The minimum atomic E-state index is -3.84. The second-order valence-corrected chi connectivity index (χ2v) is 4.94. The van der Waals surface area contributed by atoms with E-state index in [1.807, 2.05) is 0 Å². The number of aliphatic hydroxyl groups excluding tert-OH is 1. The molecule has 1 saturated carbocycles. The summed E-state index contributed by atoms with van der Waals surface area (Å²) in [4.78, 5) is 10.6. The smallest absolute Gasteiger partial charge is 0.421 e. The first-order valence-electron chi connectivity index (χ1n) is 4.46. The summed E-state index contributed by atoms with van der Waals surface area (Å²) in [5.41, 5.74) is 0. The zero-order valence-electron chi connectivity index (χ0n) is 8.26. The fourth-order valence-electron chi connectivity index (χ4n) is 1.28. The van der Waals surface area contributed by atoms with Gasteiger partial charge in [-0.05, 0) is 18.8 Å². The van der Waals surface area contributed by atoms with Gasteiger partial charge in [0.1, 0.15) is 0 Å². The summed E-state index contributed by atoms with van der Waals surface area (Å²) in [5, 5.41) is 8.96. The van der Waals surface area contributed by atoms with Crippen LogP contribution in [-0.4, -0.2) is 39.4 Å². The monoisotopic (exact) mass is 238 g/mol. The van der Waals surface area contributed by atoms with Crippen molar-refractivity contribution in [2.24, 2.45) is 5.92 Å². The fourth-order valence-corrected chi connectivity index (χ4v) is 2.11. The second-order valence-electron chi connectivity index (χ2n) is 3.44. The van der Waals surface area contributed by atoms with Crippen LogP contribution >= 0.6 is 0 Å². The van der Waals surface area contributed by atoms with Gasteiger partial charge in [-0.2, -0.15) is 13.1 Å². The Hall–Kier alpha value is -0.860. The van der Waals surface area contributed by atoms with Crippen LogP contribution in [0.25, 0.3) is 0 Å². The summed E-state index contributed by atoms with van der Waals surface area (Å²) in [6.07, 6.45) is -0.189. The molecule has 1 aliphatic rings. The van der Waals surface area contributed by atoms with Crippen LogP contribution in [0.5, 0.6) is 0 Å². The van der Waals surface area contributed by atoms with Gasteiger partial charge < -0.3 is 9.84 Å². The van der Waals surface area contributed by atoms with E-state index < -0.39 is 16.3 Å². The second kappa shape index (κ2) is 4.77. The molecule has 0 saturated heterocycles. The predicted molar refractivity (Wildman–Crippen MR) is 51.2 cm³/mol. The molecule has 1 aliphatic carbocycles. The molecule has 0 aromatic carbocycles. The number of aliphatic hydroxyl groups is 1. The van der Waals surface area contributed by atoms with Gasteiger partial charge in [-0.15, -0.1) is 0 Å². The third-order valence-corrected chi connectivity index (χ3v) is 3.16. The highest BCUT2D eigenvalue weighted by Gasteiger charge is 2.28. The summed E-state index contributed by atoms with van der Waals surface area (Å²) >= 11 is 0. The highest BCUT2D eigenvalue weighted by Crippen LogP contribution is 2.26. The van der Waals surface area contributed by atoms with Crippen LogP contribution < -0.4 is 9.44 Å². The van der Waals surface area contributed by atoms with Crippen LogP contribution in [0, 0.1) is 5.92 Å². The van der Waals surface area contributed by atoms with Gasteiger partial charge in [0, 0.05) is 6.54 Å². The van der Waals surface area contributed by atoms with E-state index in [1.54, 1.807) is 4.72 Å². The molecule has 7 nitrogen and oxygen atoms in total. The zero-order valence-corrected chi connectivity index (χ0v) is 9.08. The molecule has 1 rings (SSSR count). The summed E-state index contributed by atoms with van der Waals surface area (Å²) in [6.45, 7) is 0.212. The lowest BCUT2D eigenvalue weighted by atomic mass is 9.83. The molecule has 0 atom stereocenters. The molecule has 0 unspecified atom stereocenters. The third-order valence-electron chi connectivity index (χ3n) is 2.18. The lowest BCUT2D eigenvalue weighted by Gasteiger charge is -2.31. The number of hydrogen-bond acceptors (Lipinski definition) is 5. The van der Waals surface area contributed by atoms with Crippen LogP contribution in [0.1, 0.15) is 12.8 Å². The number of rotatable bonds is 4. The molecule has 8 heteroatoms. The van der Waals surface area contributed by atoms with Crippen LogP contribution in [0.3, 0.4) is 0 Å². The Morgan fingerprint density at radius 3 is 2.60 bits per heavy atom. The van der Waals surface area contributed by atoms with Crippen molar-refractivity contribution in [3.63, 3.8) is 0 Å². The molecule has 3 N–H and O–H groups in total. The van der Waals surface area contributed by atoms with Crippen LogP contribution in [0.4, 0.5) is 4.79 Å². The number of hydrogen-bond donors (Lipinski definition) is 3. The fraction of sp³-hybridized carbons (Fsp3) is 0.857. The van der Waals surface area contributed by atoms with Crippen molar-refractivity contribution in [2.75, 3.05) is 13.7 Å². The van der Waals surface area contributed by atoms with Crippen LogP contribution in [0.15, 0.2) is 0 Å². The molecule has 0 aromatic heterocycles. The number of carbonyl (C=O) groups is 1. The van der Waals surface area contributed by atoms with E-state index in [2.05, 4.69) is 9.46 Å². The van der Waals surface area contributed by atoms with E-state index in [9.17, 15) is 13.2 Å². The Bertz CT molecular complexity index is 322. The van der Waals surface area contributed by atoms with E-state index in [-0.39, 0.29) is 18.6 Å². The summed E-state index contributed by atoms with van der Waals surface area (Å²) in [5.74, 6) is 0.134. The Morgan fingerprint density at radius 1 is 1.53 bits per heavy atom. The zero-order chi connectivity index (χ0) is 11.5. The highest BCUT2D eigenvalue weighted by molar-refractivity contribution is 7.88. The molecule has 0 aromatic rings. The van der Waals surface area contributed by atoms with E-state index >= 15 is 0 Å². The lowest BCUT2D eigenvalue weighted by Crippen LogP contribution is -2.44. The van der Waals surface area contributed by atoms with Gasteiger partial charge in [0.15, 0.2) is 0 Å². The lowest BCUT2D eigenvalue weighted by molar-refractivity contribution is 0.0453. The van der Waals surface area contributed by atoms with E-state index in [1.165, 1.54) is 0 Å². The van der Waals surface area contributed by atoms with Crippen molar-refractivity contribution in [1.82, 2.24) is 9.44 Å². The van der Waals surface area contributed by atoms with Gasteiger partial charge in [0.05, 0.1) is 13.2 Å². The molecule has 0 bridgehead atoms. The predicted octanol–water partition coefficient (Wildman–Crippen LogP) is -1.05.